The van der Waals surface area contributed by atoms with E-state index in [0.717, 1.165) is 0 Å². The van der Waals surface area contributed by atoms with Gasteiger partial charge < -0.3 is 9.84 Å². The number of hydrogen-bond acceptors (Lipinski definition) is 5. The summed E-state index contributed by atoms with van der Waals surface area (Å²) in [5.41, 5.74) is 0. The van der Waals surface area contributed by atoms with E-state index in [2.05, 4.69) is 4.72 Å². The molecule has 0 aromatic rings. The average molecular weight is 319 g/mol. The van der Waals surface area contributed by atoms with Crippen molar-refractivity contribution < 1.29 is 23.1 Å². The summed E-state index contributed by atoms with van der Waals surface area (Å²) >= 11 is 0. The molecule has 0 heterocycles. The number of sulfonamides is 1. The van der Waals surface area contributed by atoms with Gasteiger partial charge in [-0.1, -0.05) is 0 Å². The van der Waals surface area contributed by atoms with Gasteiger partial charge >= 0.3 is 5.97 Å². The number of hydrogen-bond donors (Lipinski definition) is 2. The van der Waals surface area contributed by atoms with Crippen LogP contribution >= 0.6 is 12.4 Å². The zero-order chi connectivity index (χ0) is 14.2. The molecule has 0 bridgehead atoms. The van der Waals surface area contributed by atoms with E-state index in [1.165, 1.54) is 7.11 Å². The summed E-state index contributed by atoms with van der Waals surface area (Å²) in [6, 6.07) is -0.636. The lowest BCUT2D eigenvalue weighted by molar-refractivity contribution is -0.142. The first-order valence-corrected chi connectivity index (χ1v) is 7.34. The maximum absolute atomic E-state index is 11.5. The fourth-order valence-electron chi connectivity index (χ4n) is 1.23. The molecule has 0 aliphatic heterocycles. The van der Waals surface area contributed by atoms with Crippen molar-refractivity contribution in [2.45, 2.75) is 19.4 Å². The molecule has 0 spiro atoms. The van der Waals surface area contributed by atoms with Crippen LogP contribution in [0.5, 0.6) is 0 Å². The van der Waals surface area contributed by atoms with Crippen LogP contribution in [-0.2, 0) is 19.6 Å². The van der Waals surface area contributed by atoms with Gasteiger partial charge in [-0.2, -0.15) is 0 Å². The largest absolute Gasteiger partial charge is 0.480 e. The number of nitrogens with zero attached hydrogens (tertiary/aromatic N) is 1. The minimum absolute atomic E-state index is 0. The van der Waals surface area contributed by atoms with Gasteiger partial charge in [0, 0.05) is 26.8 Å². The van der Waals surface area contributed by atoms with Crippen LogP contribution in [0.2, 0.25) is 0 Å². The third kappa shape index (κ3) is 10.1. The van der Waals surface area contributed by atoms with Crippen molar-refractivity contribution in [1.82, 2.24) is 9.62 Å². The Kier molecular flexibility index (Phi) is 11.4. The van der Waals surface area contributed by atoms with Gasteiger partial charge in [-0.05, 0) is 20.4 Å². The van der Waals surface area contributed by atoms with Gasteiger partial charge in [-0.3, -0.25) is 9.69 Å². The first-order valence-electron chi connectivity index (χ1n) is 5.69. The van der Waals surface area contributed by atoms with Crippen molar-refractivity contribution in [2.75, 3.05) is 39.6 Å². The van der Waals surface area contributed by atoms with Crippen molar-refractivity contribution in [2.24, 2.45) is 0 Å². The number of aliphatic carboxylic acids is 1. The molecular formula is C10H23ClN2O5S. The lowest BCUT2D eigenvalue weighted by atomic mass is 10.3. The number of carbonyl (C=O) groups is 1. The van der Waals surface area contributed by atoms with Crippen molar-refractivity contribution >= 4 is 28.4 Å². The summed E-state index contributed by atoms with van der Waals surface area (Å²) in [6.07, 6.45) is 0.438. The smallest absolute Gasteiger partial charge is 0.320 e. The van der Waals surface area contributed by atoms with Gasteiger partial charge in [0.1, 0.15) is 6.04 Å². The summed E-state index contributed by atoms with van der Waals surface area (Å²) in [4.78, 5) is 12.3. The van der Waals surface area contributed by atoms with E-state index in [9.17, 15) is 13.2 Å². The monoisotopic (exact) mass is 318 g/mol. The molecule has 116 valence electrons. The third-order valence-corrected chi connectivity index (χ3v) is 4.04. The number of likely N-dealkylation sites (N-methyl/N-ethyl adjacent to an activating group) is 1. The Bertz CT molecular complexity index is 350. The molecule has 0 amide bonds. The summed E-state index contributed by atoms with van der Waals surface area (Å²) in [6.45, 7) is 2.49. The second kappa shape index (κ2) is 10.4. The van der Waals surface area contributed by atoms with E-state index in [0.29, 0.717) is 19.6 Å². The molecule has 0 aliphatic carbocycles. The van der Waals surface area contributed by atoms with Crippen LogP contribution in [0.4, 0.5) is 0 Å². The summed E-state index contributed by atoms with van der Waals surface area (Å²) in [5, 5.41) is 8.76. The Balaban J connectivity index is 0. The van der Waals surface area contributed by atoms with Crippen molar-refractivity contribution in [3.8, 4) is 0 Å². The van der Waals surface area contributed by atoms with Gasteiger partial charge in [-0.25, -0.2) is 13.1 Å². The number of carboxylic acid groups (broad SMARTS) is 1. The van der Waals surface area contributed by atoms with E-state index in [1.807, 2.05) is 0 Å². The minimum atomic E-state index is -3.30. The fourth-order valence-corrected chi connectivity index (χ4v) is 2.27. The topological polar surface area (TPSA) is 95.9 Å². The average Bonchev–Trinajstić information content (AvgIpc) is 2.27. The van der Waals surface area contributed by atoms with Gasteiger partial charge in [0.15, 0.2) is 0 Å². The molecule has 0 aromatic heterocycles. The Morgan fingerprint density at radius 2 is 2.05 bits per heavy atom. The Hall–Kier alpha value is -0.410. The molecule has 2 N–H and O–H groups in total. The second-order valence-corrected chi connectivity index (χ2v) is 5.98. The van der Waals surface area contributed by atoms with E-state index in [-0.39, 0.29) is 24.7 Å². The zero-order valence-corrected chi connectivity index (χ0v) is 13.1. The van der Waals surface area contributed by atoms with Crippen molar-refractivity contribution in [3.05, 3.63) is 0 Å². The maximum Gasteiger partial charge on any atom is 0.320 e. The predicted octanol–water partition coefficient (Wildman–Crippen LogP) is -0.231. The van der Waals surface area contributed by atoms with Crippen molar-refractivity contribution in [1.29, 1.82) is 0 Å². The molecule has 0 fully saturated rings. The minimum Gasteiger partial charge on any atom is -0.480 e. The SMILES string of the molecule is COCCCS(=O)(=O)NCCN(C)C(C)C(=O)O.Cl. The van der Waals surface area contributed by atoms with Crippen LogP contribution in [0.3, 0.4) is 0 Å². The number of ether oxygens (including phenoxy) is 1. The number of methoxy groups -OCH3 is 1. The Morgan fingerprint density at radius 1 is 1.47 bits per heavy atom. The summed E-state index contributed by atoms with van der Waals surface area (Å²) in [7, 11) is -0.146. The quantitative estimate of drug-likeness (QED) is 0.540. The van der Waals surface area contributed by atoms with E-state index in [4.69, 9.17) is 9.84 Å². The predicted molar refractivity (Wildman–Crippen MR) is 75.3 cm³/mol. The van der Waals surface area contributed by atoms with Crippen LogP contribution < -0.4 is 4.72 Å². The first-order chi connectivity index (χ1) is 8.30. The fraction of sp³-hybridized carbons (Fsp3) is 0.900. The normalized spacial score (nSPS) is 13.1. The lowest BCUT2D eigenvalue weighted by Crippen LogP contribution is -2.41. The van der Waals surface area contributed by atoms with E-state index >= 15 is 0 Å². The molecule has 0 radical (unpaired) electrons. The van der Waals surface area contributed by atoms with Gasteiger partial charge in [-0.15, -0.1) is 12.4 Å². The molecule has 19 heavy (non-hydrogen) atoms. The Morgan fingerprint density at radius 3 is 2.53 bits per heavy atom. The van der Waals surface area contributed by atoms with Gasteiger partial charge in [0.25, 0.3) is 0 Å². The van der Waals surface area contributed by atoms with Crippen LogP contribution in [0, 0.1) is 0 Å². The highest BCUT2D eigenvalue weighted by atomic mass is 35.5. The van der Waals surface area contributed by atoms with E-state index < -0.39 is 22.0 Å². The number of nitrogens with one attached hydrogen (secondary N) is 1. The highest BCUT2D eigenvalue weighted by molar-refractivity contribution is 7.89. The molecule has 0 saturated heterocycles. The van der Waals surface area contributed by atoms with Gasteiger partial charge in [0.05, 0.1) is 5.75 Å². The molecule has 0 aliphatic rings. The molecule has 9 heteroatoms. The lowest BCUT2D eigenvalue weighted by Gasteiger charge is -2.20. The molecule has 0 rings (SSSR count). The standard InChI is InChI=1S/C10H22N2O5S.ClH/c1-9(10(13)14)12(2)6-5-11-18(15,16)8-4-7-17-3;/h9,11H,4-8H2,1-3H3,(H,13,14);1H. The van der Waals surface area contributed by atoms with Crippen LogP contribution in [0.25, 0.3) is 0 Å². The van der Waals surface area contributed by atoms with E-state index in [1.54, 1.807) is 18.9 Å². The third-order valence-electron chi connectivity index (χ3n) is 2.57. The summed E-state index contributed by atoms with van der Waals surface area (Å²) in [5.74, 6) is -0.917. The highest BCUT2D eigenvalue weighted by Crippen LogP contribution is 1.95. The number of rotatable bonds is 10. The molecule has 7 nitrogen and oxygen atoms in total. The zero-order valence-electron chi connectivity index (χ0n) is 11.5. The summed E-state index contributed by atoms with van der Waals surface area (Å²) < 4.78 is 30.2. The second-order valence-electron chi connectivity index (χ2n) is 4.05. The molecular weight excluding hydrogens is 296 g/mol. The highest BCUT2D eigenvalue weighted by Gasteiger charge is 2.17. The number of halogens is 1. The maximum atomic E-state index is 11.5. The molecule has 0 aromatic carbocycles. The Labute approximate surface area is 120 Å². The number of carboxylic acids is 1. The van der Waals surface area contributed by atoms with Crippen molar-refractivity contribution in [3.63, 3.8) is 0 Å². The first kappa shape index (κ1) is 20.9. The molecule has 1 unspecified atom stereocenters. The van der Waals surface area contributed by atoms with Crippen LogP contribution in [0.15, 0.2) is 0 Å². The van der Waals surface area contributed by atoms with Crippen LogP contribution in [0.1, 0.15) is 13.3 Å². The van der Waals surface area contributed by atoms with Gasteiger partial charge in [0.2, 0.25) is 10.0 Å². The van der Waals surface area contributed by atoms with Crippen LogP contribution in [-0.4, -0.2) is 70.0 Å². The molecule has 1 atom stereocenters. The molecule has 0 saturated carbocycles.